The predicted octanol–water partition coefficient (Wildman–Crippen LogP) is 10.9. The highest BCUT2D eigenvalue weighted by atomic mass is 79.9. The smallest absolute Gasteiger partial charge is 0.250 e. The van der Waals surface area contributed by atoms with Gasteiger partial charge in [0.25, 0.3) is 0 Å². The number of unbranched alkanes of at least 4 members (excludes halogenated alkanes) is 6. The summed E-state index contributed by atoms with van der Waals surface area (Å²) in [6, 6.07) is 12.7. The molecule has 2 aromatic rings. The van der Waals surface area contributed by atoms with Gasteiger partial charge in [0.2, 0.25) is 8.32 Å². The van der Waals surface area contributed by atoms with E-state index in [4.69, 9.17) is 10.8 Å². The molecular formula is C29H42Br2OSi. The number of terminal acetylenes is 1. The van der Waals surface area contributed by atoms with Gasteiger partial charge in [-0.3, -0.25) is 0 Å². The fourth-order valence-electron chi connectivity index (χ4n) is 3.07. The van der Waals surface area contributed by atoms with Crippen molar-refractivity contribution in [3.8, 4) is 29.2 Å². The lowest BCUT2D eigenvalue weighted by atomic mass is 10.0. The van der Waals surface area contributed by atoms with Gasteiger partial charge in [0.1, 0.15) is 5.75 Å². The summed E-state index contributed by atoms with van der Waals surface area (Å²) in [5.41, 5.74) is 3.59. The van der Waals surface area contributed by atoms with Gasteiger partial charge >= 0.3 is 0 Å². The maximum Gasteiger partial charge on any atom is 0.250 e. The van der Waals surface area contributed by atoms with Crippen LogP contribution in [0.2, 0.25) is 18.1 Å². The zero-order chi connectivity index (χ0) is 25.1. The van der Waals surface area contributed by atoms with Crippen LogP contribution in [0.1, 0.15) is 78.2 Å². The lowest BCUT2D eigenvalue weighted by Crippen LogP contribution is -2.43. The predicted molar refractivity (Wildman–Crippen MR) is 157 cm³/mol. The molecule has 0 aromatic heterocycles. The summed E-state index contributed by atoms with van der Waals surface area (Å²) in [4.78, 5) is 0. The second kappa shape index (κ2) is 14.4. The zero-order valence-electron chi connectivity index (χ0n) is 21.7. The highest BCUT2D eigenvalue weighted by molar-refractivity contribution is 9.11. The molecular weight excluding hydrogens is 552 g/mol. The van der Waals surface area contributed by atoms with E-state index in [1.165, 1.54) is 55.2 Å². The van der Waals surface area contributed by atoms with Crippen molar-refractivity contribution in [2.45, 2.75) is 97.7 Å². The standard InChI is InChI=1S/C19H24Br2OSi.C10H18/c1-13-7-9-15(17(20)11-13)16-10-8-14(12-18(16)21)22-23(5,6)19(2,3)4;1-3-5-7-9-10-8-6-4-2/h7-12H,1-6H3;1H,4-10H2,2H3. The molecule has 0 spiro atoms. The summed E-state index contributed by atoms with van der Waals surface area (Å²) >= 11 is 7.38. The van der Waals surface area contributed by atoms with Crippen molar-refractivity contribution in [3.05, 3.63) is 50.9 Å². The van der Waals surface area contributed by atoms with Gasteiger partial charge in [0, 0.05) is 15.4 Å². The van der Waals surface area contributed by atoms with Gasteiger partial charge in [0.05, 0.1) is 0 Å². The third-order valence-electron chi connectivity index (χ3n) is 6.21. The Hall–Kier alpha value is -1.02. The molecule has 0 unspecified atom stereocenters. The van der Waals surface area contributed by atoms with Crippen molar-refractivity contribution in [2.75, 3.05) is 0 Å². The third-order valence-corrected chi connectivity index (χ3v) is 11.9. The van der Waals surface area contributed by atoms with E-state index in [0.717, 1.165) is 21.1 Å². The first-order valence-corrected chi connectivity index (χ1v) is 16.6. The first-order valence-electron chi connectivity index (χ1n) is 12.1. The second-order valence-electron chi connectivity index (χ2n) is 10.2. The van der Waals surface area contributed by atoms with Gasteiger partial charge in [-0.25, -0.2) is 0 Å². The largest absolute Gasteiger partial charge is 0.543 e. The minimum absolute atomic E-state index is 0.193. The number of hydrogen-bond acceptors (Lipinski definition) is 1. The van der Waals surface area contributed by atoms with E-state index in [2.05, 4.69) is 122 Å². The molecule has 0 amide bonds. The van der Waals surface area contributed by atoms with Crippen molar-refractivity contribution < 1.29 is 4.43 Å². The highest BCUT2D eigenvalue weighted by Crippen LogP contribution is 2.40. The van der Waals surface area contributed by atoms with E-state index in [1.54, 1.807) is 0 Å². The van der Waals surface area contributed by atoms with Crippen LogP contribution in [-0.4, -0.2) is 8.32 Å². The summed E-state index contributed by atoms with van der Waals surface area (Å²) in [6.07, 6.45) is 14.1. The van der Waals surface area contributed by atoms with Crippen molar-refractivity contribution in [3.63, 3.8) is 0 Å². The topological polar surface area (TPSA) is 9.23 Å². The maximum atomic E-state index is 6.38. The van der Waals surface area contributed by atoms with Gasteiger partial charge in [-0.2, -0.15) is 0 Å². The molecule has 0 radical (unpaired) electrons. The molecule has 1 nitrogen and oxygen atoms in total. The summed E-state index contributed by atoms with van der Waals surface area (Å²) in [5.74, 6) is 3.60. The summed E-state index contributed by atoms with van der Waals surface area (Å²) in [7, 11) is -1.81. The lowest BCUT2D eigenvalue weighted by molar-refractivity contribution is 0.492. The van der Waals surface area contributed by atoms with E-state index >= 15 is 0 Å². The number of halogens is 2. The van der Waals surface area contributed by atoms with Crippen molar-refractivity contribution >= 4 is 40.2 Å². The summed E-state index contributed by atoms with van der Waals surface area (Å²) < 4.78 is 8.55. The molecule has 2 aromatic carbocycles. The fraction of sp³-hybridized carbons (Fsp3) is 0.517. The van der Waals surface area contributed by atoms with Gasteiger partial charge in [-0.15, -0.1) is 12.3 Å². The molecule has 0 heterocycles. The SMILES string of the molecule is C#CCCCCCCCC.Cc1ccc(-c2ccc(O[Si](C)(C)C(C)(C)C)cc2Br)c(Br)c1. The van der Waals surface area contributed by atoms with Gasteiger partial charge in [-0.05, 0) is 72.4 Å². The Kier molecular flexibility index (Phi) is 13.1. The normalized spacial score (nSPS) is 11.4. The average molecular weight is 595 g/mol. The Morgan fingerprint density at radius 2 is 1.42 bits per heavy atom. The van der Waals surface area contributed by atoms with Crippen molar-refractivity contribution in [2.24, 2.45) is 0 Å². The van der Waals surface area contributed by atoms with Crippen LogP contribution < -0.4 is 4.43 Å². The van der Waals surface area contributed by atoms with E-state index in [1.807, 2.05) is 0 Å². The van der Waals surface area contributed by atoms with Crippen molar-refractivity contribution in [1.82, 2.24) is 0 Å². The molecule has 2 rings (SSSR count). The Labute approximate surface area is 221 Å². The molecule has 182 valence electrons. The second-order valence-corrected chi connectivity index (χ2v) is 16.6. The van der Waals surface area contributed by atoms with Gasteiger partial charge < -0.3 is 4.43 Å². The lowest BCUT2D eigenvalue weighted by Gasteiger charge is -2.36. The molecule has 4 heteroatoms. The monoisotopic (exact) mass is 592 g/mol. The van der Waals surface area contributed by atoms with Crippen LogP contribution in [-0.2, 0) is 0 Å². The maximum absolute atomic E-state index is 6.38. The van der Waals surface area contributed by atoms with Crippen molar-refractivity contribution in [1.29, 1.82) is 0 Å². The molecule has 0 fully saturated rings. The average Bonchev–Trinajstić information content (AvgIpc) is 2.71. The molecule has 0 atom stereocenters. The Balaban J connectivity index is 0.000000461. The summed E-state index contributed by atoms with van der Waals surface area (Å²) in [6.45, 7) is 15.6. The Morgan fingerprint density at radius 1 is 0.879 bits per heavy atom. The van der Waals surface area contributed by atoms with Gasteiger partial charge in [0.15, 0.2) is 0 Å². The molecule has 0 N–H and O–H groups in total. The van der Waals surface area contributed by atoms with E-state index in [9.17, 15) is 0 Å². The number of hydrogen-bond donors (Lipinski definition) is 0. The molecule has 33 heavy (non-hydrogen) atoms. The van der Waals surface area contributed by atoms with Crippen LogP contribution >= 0.6 is 31.9 Å². The van der Waals surface area contributed by atoms with Crippen LogP contribution in [0.3, 0.4) is 0 Å². The van der Waals surface area contributed by atoms with Crippen LogP contribution in [0.4, 0.5) is 0 Å². The van der Waals surface area contributed by atoms with Crippen LogP contribution in [0.25, 0.3) is 11.1 Å². The zero-order valence-corrected chi connectivity index (χ0v) is 25.8. The van der Waals surface area contributed by atoms with E-state index < -0.39 is 8.32 Å². The van der Waals surface area contributed by atoms with Crippen LogP contribution in [0.5, 0.6) is 5.75 Å². The third kappa shape index (κ3) is 10.4. The molecule has 0 bridgehead atoms. The van der Waals surface area contributed by atoms with Gasteiger partial charge in [-0.1, -0.05) is 104 Å². The summed E-state index contributed by atoms with van der Waals surface area (Å²) in [5, 5.41) is 0.193. The molecule has 0 aliphatic carbocycles. The quantitative estimate of drug-likeness (QED) is 0.159. The fourth-order valence-corrected chi connectivity index (χ4v) is 5.37. The first-order chi connectivity index (χ1) is 15.4. The highest BCUT2D eigenvalue weighted by Gasteiger charge is 2.39. The number of benzene rings is 2. The van der Waals surface area contributed by atoms with E-state index in [-0.39, 0.29) is 5.04 Å². The molecule has 0 saturated heterocycles. The molecule has 0 saturated carbocycles. The number of rotatable bonds is 9. The number of aryl methyl sites for hydroxylation is 1. The van der Waals surface area contributed by atoms with E-state index in [0.29, 0.717) is 0 Å². The molecule has 0 aliphatic rings. The van der Waals surface area contributed by atoms with Crippen LogP contribution in [0, 0.1) is 19.3 Å². The van der Waals surface area contributed by atoms with Crippen LogP contribution in [0.15, 0.2) is 45.3 Å². The first kappa shape index (κ1) is 30.0. The minimum atomic E-state index is -1.81. The Bertz CT molecular complexity index is 907. The molecule has 0 aliphatic heterocycles. The minimum Gasteiger partial charge on any atom is -0.543 e. The Morgan fingerprint density at radius 3 is 1.94 bits per heavy atom.